The third-order valence-electron chi connectivity index (χ3n) is 3.21. The van der Waals surface area contributed by atoms with Crippen LogP contribution in [-0.2, 0) is 25.4 Å². The van der Waals surface area contributed by atoms with E-state index in [4.69, 9.17) is 14.2 Å². The number of esters is 1. The summed E-state index contributed by atoms with van der Waals surface area (Å²) in [6, 6.07) is 10.1. The van der Waals surface area contributed by atoms with Gasteiger partial charge in [0.2, 0.25) is 0 Å². The molecule has 4 nitrogen and oxygen atoms in total. The van der Waals surface area contributed by atoms with Crippen molar-refractivity contribution in [3.05, 3.63) is 48.6 Å². The van der Waals surface area contributed by atoms with Crippen molar-refractivity contribution in [2.24, 2.45) is 0 Å². The summed E-state index contributed by atoms with van der Waals surface area (Å²) in [6.07, 6.45) is 3.38. The molecule has 21 heavy (non-hydrogen) atoms. The molecule has 1 aromatic carbocycles. The Hall–Kier alpha value is -1.65. The van der Waals surface area contributed by atoms with Crippen molar-refractivity contribution in [2.45, 2.75) is 31.8 Å². The molecule has 1 rings (SSSR count). The Morgan fingerprint density at radius 3 is 2.62 bits per heavy atom. The number of carbonyl (C=O) groups excluding carboxylic acids is 1. The van der Waals surface area contributed by atoms with E-state index in [1.54, 1.807) is 20.1 Å². The van der Waals surface area contributed by atoms with E-state index < -0.39 is 5.60 Å². The fourth-order valence-electron chi connectivity index (χ4n) is 1.95. The molecule has 0 spiro atoms. The van der Waals surface area contributed by atoms with Crippen LogP contribution >= 0.6 is 0 Å². The van der Waals surface area contributed by atoms with Crippen molar-refractivity contribution in [2.75, 3.05) is 20.5 Å². The monoisotopic (exact) mass is 292 g/mol. The van der Waals surface area contributed by atoms with Gasteiger partial charge in [-0.1, -0.05) is 43.8 Å². The number of carbonyl (C=O) groups is 1. The highest BCUT2D eigenvalue weighted by atomic mass is 16.7. The van der Waals surface area contributed by atoms with Crippen LogP contribution in [-0.4, -0.2) is 32.1 Å². The van der Waals surface area contributed by atoms with Crippen LogP contribution in [0.5, 0.6) is 0 Å². The van der Waals surface area contributed by atoms with Crippen molar-refractivity contribution < 1.29 is 19.0 Å². The van der Waals surface area contributed by atoms with Gasteiger partial charge in [0.25, 0.3) is 0 Å². The maximum absolute atomic E-state index is 11.7. The Kier molecular flexibility index (Phi) is 7.72. The van der Waals surface area contributed by atoms with Gasteiger partial charge in [0, 0.05) is 13.5 Å². The Morgan fingerprint density at radius 1 is 1.33 bits per heavy atom. The second-order valence-corrected chi connectivity index (χ2v) is 4.84. The number of hydrogen-bond donors (Lipinski definition) is 0. The first-order valence-corrected chi connectivity index (χ1v) is 7.12. The molecule has 0 aromatic heterocycles. The van der Waals surface area contributed by atoms with Crippen LogP contribution in [0.25, 0.3) is 0 Å². The standard InChI is InChI=1S/C17H24O4/c1-4-16(18)21-17(5-2,13-20-14-19-3)12-11-15-9-7-6-8-10-15/h5-10H,2,4,11-14H2,1,3H3. The first-order valence-electron chi connectivity index (χ1n) is 7.12. The Labute approximate surface area is 126 Å². The van der Waals surface area contributed by atoms with Crippen LogP contribution in [0.2, 0.25) is 0 Å². The largest absolute Gasteiger partial charge is 0.452 e. The van der Waals surface area contributed by atoms with Gasteiger partial charge in [-0.2, -0.15) is 0 Å². The van der Waals surface area contributed by atoms with Gasteiger partial charge in [-0.3, -0.25) is 4.79 Å². The summed E-state index contributed by atoms with van der Waals surface area (Å²) >= 11 is 0. The van der Waals surface area contributed by atoms with E-state index in [0.717, 1.165) is 6.42 Å². The molecule has 0 radical (unpaired) electrons. The van der Waals surface area contributed by atoms with Crippen molar-refractivity contribution >= 4 is 5.97 Å². The van der Waals surface area contributed by atoms with E-state index >= 15 is 0 Å². The normalized spacial score (nSPS) is 13.4. The van der Waals surface area contributed by atoms with Crippen molar-refractivity contribution in [3.8, 4) is 0 Å². The van der Waals surface area contributed by atoms with Crippen LogP contribution in [0.1, 0.15) is 25.3 Å². The van der Waals surface area contributed by atoms with E-state index in [1.807, 2.05) is 30.3 Å². The highest BCUT2D eigenvalue weighted by molar-refractivity contribution is 5.69. The van der Waals surface area contributed by atoms with Gasteiger partial charge in [-0.15, -0.1) is 0 Å². The molecule has 0 fully saturated rings. The van der Waals surface area contributed by atoms with Gasteiger partial charge >= 0.3 is 5.97 Å². The zero-order valence-corrected chi connectivity index (χ0v) is 12.8. The fourth-order valence-corrected chi connectivity index (χ4v) is 1.95. The average Bonchev–Trinajstić information content (AvgIpc) is 2.53. The Bertz CT molecular complexity index is 430. The molecule has 0 bridgehead atoms. The third kappa shape index (κ3) is 6.10. The van der Waals surface area contributed by atoms with E-state index in [1.165, 1.54) is 5.56 Å². The molecular formula is C17H24O4. The highest BCUT2D eigenvalue weighted by Gasteiger charge is 2.31. The number of hydrogen-bond acceptors (Lipinski definition) is 4. The van der Waals surface area contributed by atoms with Gasteiger partial charge < -0.3 is 14.2 Å². The summed E-state index contributed by atoms with van der Waals surface area (Å²) in [5.74, 6) is -0.260. The molecule has 1 aromatic rings. The fraction of sp³-hybridized carbons (Fsp3) is 0.471. The molecule has 0 saturated carbocycles. The predicted molar refractivity (Wildman–Crippen MR) is 81.9 cm³/mol. The molecule has 116 valence electrons. The van der Waals surface area contributed by atoms with E-state index in [9.17, 15) is 4.79 Å². The van der Waals surface area contributed by atoms with E-state index in [0.29, 0.717) is 12.8 Å². The van der Waals surface area contributed by atoms with Gasteiger partial charge in [0.15, 0.2) is 5.60 Å². The summed E-state index contributed by atoms with van der Waals surface area (Å²) in [4.78, 5) is 11.7. The summed E-state index contributed by atoms with van der Waals surface area (Å²) < 4.78 is 15.8. The van der Waals surface area contributed by atoms with Gasteiger partial charge in [0.05, 0.1) is 6.61 Å². The van der Waals surface area contributed by atoms with Crippen LogP contribution < -0.4 is 0 Å². The smallest absolute Gasteiger partial charge is 0.306 e. The molecule has 0 aliphatic rings. The van der Waals surface area contributed by atoms with Gasteiger partial charge in [-0.05, 0) is 24.5 Å². The zero-order valence-electron chi connectivity index (χ0n) is 12.8. The molecule has 1 atom stereocenters. The lowest BCUT2D eigenvalue weighted by Gasteiger charge is -2.30. The number of aryl methyl sites for hydroxylation is 1. The minimum atomic E-state index is -0.818. The van der Waals surface area contributed by atoms with Crippen LogP contribution in [0.4, 0.5) is 0 Å². The summed E-state index contributed by atoms with van der Waals surface area (Å²) in [6.45, 7) is 5.98. The van der Waals surface area contributed by atoms with Crippen LogP contribution in [0.3, 0.4) is 0 Å². The first kappa shape index (κ1) is 17.4. The summed E-state index contributed by atoms with van der Waals surface area (Å²) in [5.41, 5.74) is 0.365. The number of rotatable bonds is 10. The molecule has 0 saturated heterocycles. The average molecular weight is 292 g/mol. The lowest BCUT2D eigenvalue weighted by molar-refractivity contribution is -0.165. The van der Waals surface area contributed by atoms with Crippen molar-refractivity contribution in [1.29, 1.82) is 0 Å². The highest BCUT2D eigenvalue weighted by Crippen LogP contribution is 2.22. The maximum atomic E-state index is 11.7. The predicted octanol–water partition coefficient (Wildman–Crippen LogP) is 3.12. The Balaban J connectivity index is 2.72. The zero-order chi connectivity index (χ0) is 15.6. The van der Waals surface area contributed by atoms with Gasteiger partial charge in [0.1, 0.15) is 6.79 Å². The van der Waals surface area contributed by atoms with E-state index in [-0.39, 0.29) is 19.4 Å². The molecule has 4 heteroatoms. The molecule has 1 unspecified atom stereocenters. The SMILES string of the molecule is C=CC(CCc1ccccc1)(COCOC)OC(=O)CC. The molecular weight excluding hydrogens is 268 g/mol. The molecule has 0 aliphatic heterocycles. The lowest BCUT2D eigenvalue weighted by atomic mass is 9.95. The first-order chi connectivity index (χ1) is 10.2. The minimum absolute atomic E-state index is 0.157. The molecule has 0 aliphatic carbocycles. The summed E-state index contributed by atoms with van der Waals surface area (Å²) in [5, 5.41) is 0. The topological polar surface area (TPSA) is 44.8 Å². The number of benzene rings is 1. The van der Waals surface area contributed by atoms with Crippen molar-refractivity contribution in [1.82, 2.24) is 0 Å². The molecule has 0 N–H and O–H groups in total. The summed E-state index contributed by atoms with van der Waals surface area (Å²) in [7, 11) is 1.55. The molecule has 0 heterocycles. The third-order valence-corrected chi connectivity index (χ3v) is 3.21. The lowest BCUT2D eigenvalue weighted by Crippen LogP contribution is -2.38. The second kappa shape index (κ2) is 9.32. The molecule has 0 amide bonds. The quantitative estimate of drug-likeness (QED) is 0.288. The number of methoxy groups -OCH3 is 1. The number of ether oxygens (including phenoxy) is 3. The minimum Gasteiger partial charge on any atom is -0.452 e. The Morgan fingerprint density at radius 2 is 2.05 bits per heavy atom. The maximum Gasteiger partial charge on any atom is 0.306 e. The van der Waals surface area contributed by atoms with Gasteiger partial charge in [-0.25, -0.2) is 0 Å². The van der Waals surface area contributed by atoms with Crippen LogP contribution in [0.15, 0.2) is 43.0 Å². The second-order valence-electron chi connectivity index (χ2n) is 4.84. The van der Waals surface area contributed by atoms with E-state index in [2.05, 4.69) is 6.58 Å². The van der Waals surface area contributed by atoms with Crippen LogP contribution in [0, 0.1) is 0 Å². The van der Waals surface area contributed by atoms with Crippen molar-refractivity contribution in [3.63, 3.8) is 0 Å².